The molecule has 1 aliphatic heterocycles. The van der Waals surface area contributed by atoms with Crippen LogP contribution in [0, 0.1) is 11.8 Å². The van der Waals surface area contributed by atoms with E-state index in [1.54, 1.807) is 6.07 Å². The summed E-state index contributed by atoms with van der Waals surface area (Å²) in [4.78, 5) is 39.7. The second kappa shape index (κ2) is 7.69. The van der Waals surface area contributed by atoms with Crippen LogP contribution in [0.25, 0.3) is 33.1 Å². The lowest BCUT2D eigenvalue weighted by Gasteiger charge is -2.37. The maximum absolute atomic E-state index is 13.1. The molecule has 3 aromatic heterocycles. The fourth-order valence-electron chi connectivity index (χ4n) is 5.70. The number of nitrogens with zero attached hydrogens (tertiary/aromatic N) is 3. The number of hydrogen-bond donors (Lipinski definition) is 2. The molecule has 0 spiro atoms. The number of carbonyl (C=O) groups is 1. The van der Waals surface area contributed by atoms with Gasteiger partial charge in [0.15, 0.2) is 5.43 Å². The van der Waals surface area contributed by atoms with E-state index in [0.717, 1.165) is 41.3 Å². The minimum atomic E-state index is -0.716. The first-order chi connectivity index (χ1) is 16.1. The second-order valence-electron chi connectivity index (χ2n) is 9.23. The van der Waals surface area contributed by atoms with Gasteiger partial charge in [-0.05, 0) is 42.9 Å². The van der Waals surface area contributed by atoms with Crippen LogP contribution in [0.4, 0.5) is 5.82 Å². The van der Waals surface area contributed by atoms with Crippen molar-refractivity contribution in [3.05, 3.63) is 64.6 Å². The molecule has 0 radical (unpaired) electrons. The number of nitrogens with two attached hydrogens (primary N) is 1. The normalized spacial score (nSPS) is 20.3. The molecule has 4 aromatic rings. The number of aromatic nitrogens is 3. The van der Waals surface area contributed by atoms with E-state index in [2.05, 4.69) is 20.9 Å². The number of primary amides is 1. The van der Waals surface area contributed by atoms with E-state index in [-0.39, 0.29) is 16.5 Å². The molecule has 4 heterocycles. The Morgan fingerprint density at radius 2 is 1.94 bits per heavy atom. The van der Waals surface area contributed by atoms with Gasteiger partial charge >= 0.3 is 0 Å². The van der Waals surface area contributed by atoms with Crippen molar-refractivity contribution in [3.63, 3.8) is 0 Å². The van der Waals surface area contributed by atoms with Crippen molar-refractivity contribution in [1.29, 1.82) is 0 Å². The van der Waals surface area contributed by atoms with Crippen LogP contribution in [0.2, 0.25) is 0 Å². The van der Waals surface area contributed by atoms with Crippen LogP contribution in [0.1, 0.15) is 36.2 Å². The molecule has 33 heavy (non-hydrogen) atoms. The highest BCUT2D eigenvalue weighted by atomic mass is 16.1. The maximum atomic E-state index is 13.1. The predicted molar refractivity (Wildman–Crippen MR) is 129 cm³/mol. The summed E-state index contributed by atoms with van der Waals surface area (Å²) < 4.78 is 0. The lowest BCUT2D eigenvalue weighted by atomic mass is 9.88. The predicted octanol–water partition coefficient (Wildman–Crippen LogP) is 3.86. The van der Waals surface area contributed by atoms with Gasteiger partial charge in [-0.2, -0.15) is 0 Å². The van der Waals surface area contributed by atoms with E-state index >= 15 is 0 Å². The second-order valence-corrected chi connectivity index (χ2v) is 9.23. The third kappa shape index (κ3) is 3.35. The summed E-state index contributed by atoms with van der Waals surface area (Å²) >= 11 is 0. The molecule has 1 saturated heterocycles. The number of amides is 1. The average Bonchev–Trinajstić information content (AvgIpc) is 3.30. The molecule has 3 N–H and O–H groups in total. The van der Waals surface area contributed by atoms with Crippen molar-refractivity contribution >= 4 is 33.5 Å². The van der Waals surface area contributed by atoms with Crippen LogP contribution in [-0.4, -0.2) is 33.9 Å². The highest BCUT2D eigenvalue weighted by Crippen LogP contribution is 2.41. The molecule has 2 unspecified atom stereocenters. The van der Waals surface area contributed by atoms with Crippen molar-refractivity contribution < 1.29 is 4.79 Å². The number of piperidine rings is 1. The number of H-pyrrole nitrogens is 1. The number of benzene rings is 1. The zero-order valence-corrected chi connectivity index (χ0v) is 18.3. The first-order valence-electron chi connectivity index (χ1n) is 11.6. The number of hydrogen-bond acceptors (Lipinski definition) is 5. The fraction of sp³-hybridized carbons (Fsp3) is 0.308. The van der Waals surface area contributed by atoms with E-state index in [4.69, 9.17) is 10.7 Å². The number of anilines is 1. The third-order valence-electron chi connectivity index (χ3n) is 7.31. The smallest absolute Gasteiger partial charge is 0.268 e. The van der Waals surface area contributed by atoms with Gasteiger partial charge < -0.3 is 15.6 Å². The number of carbonyl (C=O) groups excluding carboxylic acids is 1. The number of fused-ring (bicyclic) bond motifs is 3. The zero-order valence-electron chi connectivity index (χ0n) is 18.3. The average molecular weight is 440 g/mol. The molecule has 6 rings (SSSR count). The van der Waals surface area contributed by atoms with Crippen molar-refractivity contribution in [1.82, 2.24) is 15.0 Å². The molecule has 1 aromatic carbocycles. The Balaban J connectivity index is 1.54. The Labute approximate surface area is 190 Å². The molecule has 1 aliphatic carbocycles. The van der Waals surface area contributed by atoms with Crippen LogP contribution in [0.5, 0.6) is 0 Å². The highest BCUT2D eigenvalue weighted by molar-refractivity contribution is 6.04. The van der Waals surface area contributed by atoms with Crippen molar-refractivity contribution in [2.75, 3.05) is 18.0 Å². The molecule has 2 aliphatic rings. The minimum absolute atomic E-state index is 0.0135. The van der Waals surface area contributed by atoms with Gasteiger partial charge in [0.25, 0.3) is 5.91 Å². The van der Waals surface area contributed by atoms with Gasteiger partial charge in [0.1, 0.15) is 11.5 Å². The Hall–Kier alpha value is -3.74. The molecule has 7 heteroatoms. The highest BCUT2D eigenvalue weighted by Gasteiger charge is 2.34. The third-order valence-corrected chi connectivity index (χ3v) is 7.31. The van der Waals surface area contributed by atoms with Crippen molar-refractivity contribution in [3.8, 4) is 11.3 Å². The first-order valence-corrected chi connectivity index (χ1v) is 11.6. The summed E-state index contributed by atoms with van der Waals surface area (Å²) in [5, 5.41) is 1.23. The summed E-state index contributed by atoms with van der Waals surface area (Å²) in [5.74, 6) is 1.72. The number of aromatic amines is 1. The van der Waals surface area contributed by atoms with Crippen LogP contribution in [-0.2, 0) is 0 Å². The molecular weight excluding hydrogens is 414 g/mol. The maximum Gasteiger partial charge on any atom is 0.268 e. The van der Waals surface area contributed by atoms with Gasteiger partial charge in [0.05, 0.1) is 22.1 Å². The van der Waals surface area contributed by atoms with E-state index in [9.17, 15) is 9.59 Å². The van der Waals surface area contributed by atoms with Crippen LogP contribution < -0.4 is 16.1 Å². The summed E-state index contributed by atoms with van der Waals surface area (Å²) in [6.07, 6.45) is 6.60. The number of rotatable bonds is 3. The number of para-hydroxylation sites is 1. The lowest BCUT2D eigenvalue weighted by Crippen LogP contribution is -2.39. The summed E-state index contributed by atoms with van der Waals surface area (Å²) in [5.41, 5.74) is 8.20. The van der Waals surface area contributed by atoms with Crippen molar-refractivity contribution in [2.24, 2.45) is 17.6 Å². The van der Waals surface area contributed by atoms with Crippen molar-refractivity contribution in [2.45, 2.75) is 25.7 Å². The summed E-state index contributed by atoms with van der Waals surface area (Å²) in [6.45, 7) is 1.96. The Morgan fingerprint density at radius 1 is 1.09 bits per heavy atom. The standard InChI is InChI=1S/C26H25N5O2/c27-25(33)24-23-20(8-10-28-24)29-21(13-22(23)32)18-12-16-4-1-2-7-19(16)30-26(18)31-11-9-15-5-3-6-17(15)14-31/h1-2,4,7-8,10,12-13,15,17H,3,5-6,9,11,14H2,(H2,27,33)(H,29,32). The number of nitrogens with one attached hydrogen (secondary N) is 1. The summed E-state index contributed by atoms with van der Waals surface area (Å²) in [6, 6.07) is 13.4. The minimum Gasteiger partial charge on any atom is -0.364 e. The molecular formula is C26H25N5O2. The summed E-state index contributed by atoms with van der Waals surface area (Å²) in [7, 11) is 0. The molecule has 0 bridgehead atoms. The van der Waals surface area contributed by atoms with Gasteiger partial charge in [0.2, 0.25) is 0 Å². The monoisotopic (exact) mass is 439 g/mol. The Bertz CT molecular complexity index is 1460. The molecule has 1 saturated carbocycles. The Kier molecular flexibility index (Phi) is 4.64. The van der Waals surface area contributed by atoms with E-state index in [0.29, 0.717) is 17.1 Å². The molecule has 7 nitrogen and oxygen atoms in total. The zero-order chi connectivity index (χ0) is 22.5. The van der Waals surface area contributed by atoms with Crippen LogP contribution in [0.3, 0.4) is 0 Å². The van der Waals surface area contributed by atoms with Gasteiger partial charge in [-0.25, -0.2) is 4.98 Å². The molecule has 2 fully saturated rings. The SMILES string of the molecule is NC(=O)c1nccc2[nH]c(-c3cc4ccccc4nc3N3CCC4CCCC4C3)cc(=O)c12. The Morgan fingerprint density at radius 3 is 2.82 bits per heavy atom. The van der Waals surface area contributed by atoms with Crippen LogP contribution in [0.15, 0.2) is 53.5 Å². The molecule has 1 amide bonds. The van der Waals surface area contributed by atoms with Gasteiger partial charge in [-0.15, -0.1) is 0 Å². The van der Waals surface area contributed by atoms with E-state index in [1.807, 2.05) is 24.3 Å². The molecule has 2 atom stereocenters. The molecule has 166 valence electrons. The van der Waals surface area contributed by atoms with Gasteiger partial charge in [-0.3, -0.25) is 14.6 Å². The van der Waals surface area contributed by atoms with E-state index in [1.165, 1.54) is 37.9 Å². The first kappa shape index (κ1) is 19.9. The van der Waals surface area contributed by atoms with E-state index < -0.39 is 5.91 Å². The van der Waals surface area contributed by atoms with Crippen LogP contribution >= 0.6 is 0 Å². The van der Waals surface area contributed by atoms with Gasteiger partial charge in [-0.1, -0.05) is 31.0 Å². The number of pyridine rings is 3. The topological polar surface area (TPSA) is 105 Å². The lowest BCUT2D eigenvalue weighted by molar-refractivity contribution is 0.0997. The van der Waals surface area contributed by atoms with Gasteiger partial charge in [0, 0.05) is 36.3 Å². The quantitative estimate of drug-likeness (QED) is 0.504. The largest absolute Gasteiger partial charge is 0.364 e. The fourth-order valence-corrected chi connectivity index (χ4v) is 5.70.